The molecule has 4 atom stereocenters. The molecule has 2 N–H and O–H groups in total. The van der Waals surface area contributed by atoms with Gasteiger partial charge in [-0.2, -0.15) is 5.10 Å². The number of piperazine rings is 1. The normalized spacial score (nSPS) is 25.3. The highest BCUT2D eigenvalue weighted by Gasteiger charge is 2.38. The van der Waals surface area contributed by atoms with Crippen LogP contribution in [0, 0.1) is 5.82 Å². The lowest BCUT2D eigenvalue weighted by Crippen LogP contribution is -2.61. The zero-order valence-corrected chi connectivity index (χ0v) is 24.7. The number of carbonyl (C=O) groups excluding carboxylic acids is 2. The number of benzene rings is 2. The van der Waals surface area contributed by atoms with E-state index in [0.717, 1.165) is 16.7 Å². The van der Waals surface area contributed by atoms with Gasteiger partial charge in [0.25, 0.3) is 5.91 Å². The maximum atomic E-state index is 14.1. The monoisotopic (exact) mass is 611 g/mol. The highest BCUT2D eigenvalue weighted by molar-refractivity contribution is 6.30. The Hall–Kier alpha value is -3.51. The van der Waals surface area contributed by atoms with E-state index in [1.54, 1.807) is 27.9 Å². The minimum Gasteiger partial charge on any atom is -0.493 e. The summed E-state index contributed by atoms with van der Waals surface area (Å²) in [5, 5.41) is 17.8. The van der Waals surface area contributed by atoms with Gasteiger partial charge in [-0.3, -0.25) is 19.2 Å². The van der Waals surface area contributed by atoms with Gasteiger partial charge in [0, 0.05) is 58.0 Å². The van der Waals surface area contributed by atoms with Gasteiger partial charge in [-0.25, -0.2) is 4.39 Å². The van der Waals surface area contributed by atoms with Gasteiger partial charge in [0.05, 0.1) is 35.6 Å². The molecule has 3 aliphatic heterocycles. The van der Waals surface area contributed by atoms with Gasteiger partial charge in [0.2, 0.25) is 5.91 Å². The highest BCUT2D eigenvalue weighted by Crippen LogP contribution is 2.31. The number of nitrogens with one attached hydrogen (secondary N) is 1. The van der Waals surface area contributed by atoms with Gasteiger partial charge < -0.3 is 24.8 Å². The molecule has 10 nitrogen and oxygen atoms in total. The molecule has 0 unspecified atom stereocenters. The third-order valence-corrected chi connectivity index (χ3v) is 8.73. The molecule has 228 valence electrons. The van der Waals surface area contributed by atoms with Crippen LogP contribution >= 0.6 is 11.6 Å². The molecular weight excluding hydrogens is 577 g/mol. The smallest absolute Gasteiger partial charge is 0.258 e. The van der Waals surface area contributed by atoms with E-state index in [4.69, 9.17) is 21.1 Å². The van der Waals surface area contributed by atoms with Crippen molar-refractivity contribution >= 4 is 23.4 Å². The third kappa shape index (κ3) is 6.54. The molecule has 0 saturated carbocycles. The van der Waals surface area contributed by atoms with Gasteiger partial charge in [0.15, 0.2) is 0 Å². The first-order chi connectivity index (χ1) is 20.7. The van der Waals surface area contributed by atoms with Gasteiger partial charge in [-0.15, -0.1) is 0 Å². The minimum atomic E-state index is -0.830. The van der Waals surface area contributed by atoms with E-state index in [1.165, 1.54) is 12.1 Å². The number of aryl methyl sites for hydroxylation is 1. The van der Waals surface area contributed by atoms with E-state index < -0.39 is 24.1 Å². The number of aliphatic hydroxyl groups is 1. The maximum Gasteiger partial charge on any atom is 0.258 e. The summed E-state index contributed by atoms with van der Waals surface area (Å²) < 4.78 is 28.2. The molecule has 12 heteroatoms. The molecule has 0 spiro atoms. The van der Waals surface area contributed by atoms with Crippen LogP contribution in [0.2, 0.25) is 5.02 Å². The second-order valence-corrected chi connectivity index (χ2v) is 11.8. The average molecular weight is 612 g/mol. The number of fused-ring (bicyclic) bond motifs is 4. The van der Waals surface area contributed by atoms with E-state index in [9.17, 15) is 19.1 Å². The van der Waals surface area contributed by atoms with E-state index in [-0.39, 0.29) is 42.6 Å². The molecule has 6 rings (SSSR count). The first-order valence-corrected chi connectivity index (χ1v) is 15.0. The zero-order valence-electron chi connectivity index (χ0n) is 23.9. The van der Waals surface area contributed by atoms with Crippen molar-refractivity contribution in [3.8, 4) is 16.9 Å². The Labute approximate surface area is 254 Å². The summed E-state index contributed by atoms with van der Waals surface area (Å²) in [4.78, 5) is 31.4. The largest absolute Gasteiger partial charge is 0.493 e. The molecular formula is C31H35ClFN5O5. The van der Waals surface area contributed by atoms with Crippen LogP contribution in [0.3, 0.4) is 0 Å². The average Bonchev–Trinajstić information content (AvgIpc) is 3.44. The Morgan fingerprint density at radius 1 is 1.12 bits per heavy atom. The molecule has 3 aliphatic rings. The summed E-state index contributed by atoms with van der Waals surface area (Å²) in [6.45, 7) is 1.84. The van der Waals surface area contributed by atoms with E-state index in [2.05, 4.69) is 10.4 Å². The number of rotatable bonds is 3. The molecule has 2 saturated heterocycles. The predicted octanol–water partition coefficient (Wildman–Crippen LogP) is 3.01. The van der Waals surface area contributed by atoms with Crippen molar-refractivity contribution in [1.29, 1.82) is 0 Å². The summed E-state index contributed by atoms with van der Waals surface area (Å²) in [5.41, 5.74) is 2.83. The maximum absolute atomic E-state index is 14.1. The van der Waals surface area contributed by atoms with Gasteiger partial charge in [-0.05, 0) is 48.2 Å². The number of hydrogen-bond donors (Lipinski definition) is 2. The molecule has 3 aromatic rings. The van der Waals surface area contributed by atoms with Crippen molar-refractivity contribution in [3.63, 3.8) is 0 Å². The Morgan fingerprint density at radius 3 is 2.77 bits per heavy atom. The standard InChI is InChI=1S/C31H35ClFN5O5/c1-36-17-21(14-35-36)20-3-5-23-28(13-20)42-11-8-22-4-7-27(39)29(43-22)15-34-30(40)26-18-37(9-10-38(26)31(23)41)16-19-2-6-24(32)25(33)12-19/h2-3,5-6,12-14,17,22,26-27,29,39H,4,7-11,15-16,18H2,1H3,(H,34,40)/t22-,26-,27-,29+/m0/s1. The lowest BCUT2D eigenvalue weighted by molar-refractivity contribution is -0.135. The fourth-order valence-electron chi connectivity index (χ4n) is 6.03. The zero-order chi connectivity index (χ0) is 30.1. The molecule has 1 aromatic heterocycles. The van der Waals surface area contributed by atoms with Gasteiger partial charge in [0.1, 0.15) is 23.7 Å². The predicted molar refractivity (Wildman–Crippen MR) is 157 cm³/mol. The Bertz CT molecular complexity index is 1500. The quantitative estimate of drug-likeness (QED) is 0.469. The lowest BCUT2D eigenvalue weighted by atomic mass is 9.98. The molecule has 0 aliphatic carbocycles. The van der Waals surface area contributed by atoms with Crippen LogP contribution in [-0.4, -0.2) is 93.6 Å². The topological polar surface area (TPSA) is 109 Å². The first-order valence-electron chi connectivity index (χ1n) is 14.6. The molecule has 2 amide bonds. The number of aliphatic hydroxyl groups excluding tert-OH is 1. The molecule has 43 heavy (non-hydrogen) atoms. The molecule has 2 bridgehead atoms. The summed E-state index contributed by atoms with van der Waals surface area (Å²) in [6.07, 6.45) is 4.05. The number of nitrogens with zero attached hydrogens (tertiary/aromatic N) is 4. The van der Waals surface area contributed by atoms with Crippen LogP contribution in [0.15, 0.2) is 48.8 Å². The van der Waals surface area contributed by atoms with Crippen molar-refractivity contribution in [2.24, 2.45) is 7.05 Å². The lowest BCUT2D eigenvalue weighted by Gasteiger charge is -2.41. The van der Waals surface area contributed by atoms with Crippen molar-refractivity contribution in [1.82, 2.24) is 24.9 Å². The number of carbonyl (C=O) groups is 2. The highest BCUT2D eigenvalue weighted by atomic mass is 35.5. The van der Waals surface area contributed by atoms with Crippen LogP contribution in [0.1, 0.15) is 35.2 Å². The second kappa shape index (κ2) is 12.6. The summed E-state index contributed by atoms with van der Waals surface area (Å²) >= 11 is 5.86. The Morgan fingerprint density at radius 2 is 1.98 bits per heavy atom. The number of halogens is 2. The molecule has 0 radical (unpaired) electrons. The van der Waals surface area contributed by atoms with Crippen LogP contribution in [0.4, 0.5) is 4.39 Å². The fraction of sp³-hybridized carbons (Fsp3) is 0.452. The van der Waals surface area contributed by atoms with Crippen LogP contribution in [-0.2, 0) is 23.1 Å². The number of ether oxygens (including phenoxy) is 2. The van der Waals surface area contributed by atoms with Gasteiger partial charge >= 0.3 is 0 Å². The Kier molecular flexibility index (Phi) is 8.67. The van der Waals surface area contributed by atoms with E-state index >= 15 is 0 Å². The number of hydrogen-bond acceptors (Lipinski definition) is 7. The SMILES string of the molecule is Cn1cc(-c2ccc3c(c2)OCC[C@@H]2CC[C@H](O)[C@@H](CNC(=O)[C@@H]4CN(Cc5ccc(Cl)c(F)c5)CCN4C3=O)O2)cn1. The third-order valence-electron chi connectivity index (χ3n) is 8.42. The summed E-state index contributed by atoms with van der Waals surface area (Å²) in [7, 11) is 1.84. The van der Waals surface area contributed by atoms with Crippen LogP contribution in [0.5, 0.6) is 5.75 Å². The van der Waals surface area contributed by atoms with Crippen molar-refractivity contribution in [2.45, 2.75) is 50.2 Å². The molecule has 4 heterocycles. The van der Waals surface area contributed by atoms with Crippen molar-refractivity contribution < 1.29 is 28.6 Å². The van der Waals surface area contributed by atoms with E-state index in [0.29, 0.717) is 50.3 Å². The van der Waals surface area contributed by atoms with Crippen molar-refractivity contribution in [3.05, 3.63) is 70.8 Å². The number of amides is 2. The Balaban J connectivity index is 1.31. The number of aromatic nitrogens is 2. The van der Waals surface area contributed by atoms with Crippen molar-refractivity contribution in [2.75, 3.05) is 32.8 Å². The van der Waals surface area contributed by atoms with Crippen LogP contribution < -0.4 is 10.1 Å². The van der Waals surface area contributed by atoms with Gasteiger partial charge in [-0.1, -0.05) is 23.7 Å². The van der Waals surface area contributed by atoms with E-state index in [1.807, 2.05) is 30.3 Å². The first kappa shape index (κ1) is 29.6. The molecule has 2 fully saturated rings. The second-order valence-electron chi connectivity index (χ2n) is 11.4. The minimum absolute atomic E-state index is 0.0477. The fourth-order valence-corrected chi connectivity index (χ4v) is 6.15. The summed E-state index contributed by atoms with van der Waals surface area (Å²) in [6, 6.07) is 9.26. The molecule has 2 aromatic carbocycles. The van der Waals surface area contributed by atoms with Crippen LogP contribution in [0.25, 0.3) is 11.1 Å². The summed E-state index contributed by atoms with van der Waals surface area (Å²) in [5.74, 6) is -0.729.